The Labute approximate surface area is 125 Å². The van der Waals surface area contributed by atoms with Crippen molar-refractivity contribution in [1.29, 1.82) is 0 Å². The minimum absolute atomic E-state index is 0.0269. The topological polar surface area (TPSA) is 77.8 Å². The molecule has 3 atom stereocenters. The average molecular weight is 295 g/mol. The molecule has 0 aromatic rings. The van der Waals surface area contributed by atoms with Gasteiger partial charge in [0.1, 0.15) is 0 Å². The Morgan fingerprint density at radius 1 is 1.10 bits per heavy atom. The summed E-state index contributed by atoms with van der Waals surface area (Å²) in [5.41, 5.74) is -0.842. The third-order valence-electron chi connectivity index (χ3n) is 5.93. The number of amides is 1. The molecule has 5 nitrogen and oxygen atoms in total. The van der Waals surface area contributed by atoms with E-state index in [1.165, 1.54) is 0 Å². The second kappa shape index (κ2) is 5.59. The molecular formula is C16H25NO4. The molecule has 118 valence electrons. The van der Waals surface area contributed by atoms with Gasteiger partial charge in [0.15, 0.2) is 0 Å². The minimum atomic E-state index is -0.842. The summed E-state index contributed by atoms with van der Waals surface area (Å²) in [6.07, 6.45) is 5.81. The van der Waals surface area contributed by atoms with Crippen LogP contribution in [0.1, 0.15) is 51.4 Å². The summed E-state index contributed by atoms with van der Waals surface area (Å²) in [4.78, 5) is 26.0. The molecule has 2 N–H and O–H groups in total. The van der Waals surface area contributed by atoms with Gasteiger partial charge in [0.05, 0.1) is 11.5 Å². The van der Waals surface area contributed by atoms with Gasteiger partial charge in [-0.2, -0.15) is 0 Å². The summed E-state index contributed by atoms with van der Waals surface area (Å²) in [7, 11) is 0. The van der Waals surface area contributed by atoms with E-state index in [2.05, 4.69) is 0 Å². The highest BCUT2D eigenvalue weighted by Gasteiger charge is 2.46. The number of aliphatic hydroxyl groups excluding tert-OH is 1. The highest BCUT2D eigenvalue weighted by molar-refractivity contribution is 5.85. The molecule has 5 heteroatoms. The molecule has 0 radical (unpaired) electrons. The lowest BCUT2D eigenvalue weighted by Crippen LogP contribution is -2.40. The van der Waals surface area contributed by atoms with Gasteiger partial charge >= 0.3 is 5.97 Å². The molecule has 0 spiro atoms. The van der Waals surface area contributed by atoms with Crippen LogP contribution in [0.15, 0.2) is 0 Å². The van der Waals surface area contributed by atoms with Gasteiger partial charge in [-0.05, 0) is 31.6 Å². The molecule has 0 aromatic heterocycles. The number of aliphatic hydroxyl groups is 1. The van der Waals surface area contributed by atoms with Crippen molar-refractivity contribution in [2.75, 3.05) is 13.1 Å². The molecule has 3 aliphatic rings. The van der Waals surface area contributed by atoms with Crippen LogP contribution in [0.4, 0.5) is 0 Å². The summed E-state index contributed by atoms with van der Waals surface area (Å²) in [5, 5.41) is 19.5. The third-order valence-corrected chi connectivity index (χ3v) is 5.93. The number of carboxylic acids is 1. The van der Waals surface area contributed by atoms with Crippen LogP contribution in [-0.2, 0) is 9.59 Å². The van der Waals surface area contributed by atoms with Crippen molar-refractivity contribution < 1.29 is 19.8 Å². The Morgan fingerprint density at radius 2 is 1.81 bits per heavy atom. The molecular weight excluding hydrogens is 270 g/mol. The predicted octanol–water partition coefficient (Wildman–Crippen LogP) is 1.64. The van der Waals surface area contributed by atoms with Crippen LogP contribution in [0.2, 0.25) is 0 Å². The van der Waals surface area contributed by atoms with Gasteiger partial charge in [-0.25, -0.2) is 0 Å². The number of carboxylic acid groups (broad SMARTS) is 1. The molecule has 3 fully saturated rings. The normalized spacial score (nSPS) is 34.7. The van der Waals surface area contributed by atoms with Crippen molar-refractivity contribution in [1.82, 2.24) is 4.90 Å². The molecule has 0 bridgehead atoms. The Balaban J connectivity index is 1.64. The first-order valence-corrected chi connectivity index (χ1v) is 8.21. The second-order valence-electron chi connectivity index (χ2n) is 7.19. The van der Waals surface area contributed by atoms with E-state index in [4.69, 9.17) is 0 Å². The van der Waals surface area contributed by atoms with Gasteiger partial charge in [-0.1, -0.05) is 19.3 Å². The Morgan fingerprint density at radius 3 is 2.43 bits per heavy atom. The molecule has 21 heavy (non-hydrogen) atoms. The fraction of sp³-hybridized carbons (Fsp3) is 0.875. The van der Waals surface area contributed by atoms with Crippen molar-refractivity contribution in [2.45, 2.75) is 57.5 Å². The monoisotopic (exact) mass is 295 g/mol. The number of rotatable bonds is 3. The van der Waals surface area contributed by atoms with Crippen LogP contribution >= 0.6 is 0 Å². The summed E-state index contributed by atoms with van der Waals surface area (Å²) in [5.74, 6) is -0.215. The zero-order chi connectivity index (χ0) is 15.0. The van der Waals surface area contributed by atoms with Crippen LogP contribution in [0.25, 0.3) is 0 Å². The highest BCUT2D eigenvalue weighted by atomic mass is 16.4. The van der Waals surface area contributed by atoms with E-state index in [9.17, 15) is 19.8 Å². The van der Waals surface area contributed by atoms with Crippen molar-refractivity contribution in [3.63, 3.8) is 0 Å². The minimum Gasteiger partial charge on any atom is -0.481 e. The van der Waals surface area contributed by atoms with Crippen LogP contribution in [-0.4, -0.2) is 46.2 Å². The summed E-state index contributed by atoms with van der Waals surface area (Å²) >= 11 is 0. The summed E-state index contributed by atoms with van der Waals surface area (Å²) in [6, 6.07) is 0. The smallest absolute Gasteiger partial charge is 0.310 e. The maximum absolute atomic E-state index is 12.5. The molecule has 2 saturated carbocycles. The van der Waals surface area contributed by atoms with Crippen LogP contribution in [0.3, 0.4) is 0 Å². The molecule has 1 amide bonds. The van der Waals surface area contributed by atoms with Gasteiger partial charge in [0, 0.05) is 25.4 Å². The second-order valence-corrected chi connectivity index (χ2v) is 7.19. The van der Waals surface area contributed by atoms with Crippen molar-refractivity contribution in [2.24, 2.45) is 17.3 Å². The summed E-state index contributed by atoms with van der Waals surface area (Å²) in [6.45, 7) is 1.32. The maximum Gasteiger partial charge on any atom is 0.310 e. The quantitative estimate of drug-likeness (QED) is 0.829. The maximum atomic E-state index is 12.5. The standard InChI is InChI=1S/C16H25NO4/c18-13-5-4-11-9-17(10-12(11)13)14(19)8-16(15(20)21)6-2-1-3-7-16/h11-13,18H,1-10H2,(H,20,21). The molecule has 1 saturated heterocycles. The van der Waals surface area contributed by atoms with E-state index in [1.54, 1.807) is 4.90 Å². The predicted molar refractivity (Wildman–Crippen MR) is 76.6 cm³/mol. The van der Waals surface area contributed by atoms with E-state index in [1.807, 2.05) is 0 Å². The zero-order valence-corrected chi connectivity index (χ0v) is 12.5. The van der Waals surface area contributed by atoms with Gasteiger partial charge in [0.25, 0.3) is 0 Å². The zero-order valence-electron chi connectivity index (χ0n) is 12.5. The first-order chi connectivity index (χ1) is 10.0. The first kappa shape index (κ1) is 14.8. The number of likely N-dealkylation sites (tertiary alicyclic amines) is 1. The van der Waals surface area contributed by atoms with E-state index in [0.29, 0.717) is 31.8 Å². The summed E-state index contributed by atoms with van der Waals surface area (Å²) < 4.78 is 0. The highest BCUT2D eigenvalue weighted by Crippen LogP contribution is 2.42. The van der Waals surface area contributed by atoms with Gasteiger partial charge < -0.3 is 15.1 Å². The van der Waals surface area contributed by atoms with E-state index in [0.717, 1.165) is 32.1 Å². The average Bonchev–Trinajstić information content (AvgIpc) is 3.02. The Kier molecular flexibility index (Phi) is 3.95. The molecule has 1 heterocycles. The van der Waals surface area contributed by atoms with Crippen LogP contribution in [0, 0.1) is 17.3 Å². The fourth-order valence-electron chi connectivity index (χ4n) is 4.54. The molecule has 2 aliphatic carbocycles. The molecule has 1 aliphatic heterocycles. The third kappa shape index (κ3) is 2.68. The molecule has 3 rings (SSSR count). The van der Waals surface area contributed by atoms with Gasteiger partial charge in [-0.3, -0.25) is 9.59 Å². The van der Waals surface area contributed by atoms with Gasteiger partial charge in [-0.15, -0.1) is 0 Å². The number of hydrogen-bond donors (Lipinski definition) is 2. The lowest BCUT2D eigenvalue weighted by Gasteiger charge is -2.34. The van der Waals surface area contributed by atoms with Crippen molar-refractivity contribution in [3.8, 4) is 0 Å². The number of aliphatic carboxylic acids is 1. The number of hydrogen-bond acceptors (Lipinski definition) is 3. The molecule has 0 aromatic carbocycles. The van der Waals surface area contributed by atoms with E-state index < -0.39 is 11.4 Å². The van der Waals surface area contributed by atoms with Crippen molar-refractivity contribution in [3.05, 3.63) is 0 Å². The first-order valence-electron chi connectivity index (χ1n) is 8.21. The van der Waals surface area contributed by atoms with E-state index in [-0.39, 0.29) is 24.3 Å². The number of carbonyl (C=O) groups is 2. The van der Waals surface area contributed by atoms with Crippen LogP contribution < -0.4 is 0 Å². The van der Waals surface area contributed by atoms with E-state index >= 15 is 0 Å². The number of nitrogens with zero attached hydrogens (tertiary/aromatic N) is 1. The lowest BCUT2D eigenvalue weighted by molar-refractivity contribution is -0.155. The fourth-order valence-corrected chi connectivity index (χ4v) is 4.54. The SMILES string of the molecule is O=C(CC1(C(=O)O)CCCCC1)N1CC2CCC(O)C2C1. The van der Waals surface area contributed by atoms with Gasteiger partial charge in [0.2, 0.25) is 5.91 Å². The Bertz CT molecular complexity index is 430. The Hall–Kier alpha value is -1.10. The van der Waals surface area contributed by atoms with Crippen LogP contribution in [0.5, 0.6) is 0 Å². The number of fused-ring (bicyclic) bond motifs is 1. The molecule has 3 unspecified atom stereocenters. The van der Waals surface area contributed by atoms with Crippen molar-refractivity contribution >= 4 is 11.9 Å². The largest absolute Gasteiger partial charge is 0.481 e. The number of carbonyl (C=O) groups excluding carboxylic acids is 1. The lowest BCUT2D eigenvalue weighted by atomic mass is 9.71.